The molecule has 2 atom stereocenters. The molecular formula is C26H22N3O2S-. The predicted molar refractivity (Wildman–Crippen MR) is 129 cm³/mol. The van der Waals surface area contributed by atoms with Gasteiger partial charge >= 0.3 is 0 Å². The summed E-state index contributed by atoms with van der Waals surface area (Å²) in [4.78, 5) is 5.11. The van der Waals surface area contributed by atoms with Crippen LogP contribution in [0.1, 0.15) is 11.1 Å². The summed E-state index contributed by atoms with van der Waals surface area (Å²) in [6, 6.07) is 12.9. The van der Waals surface area contributed by atoms with Gasteiger partial charge in [-0.15, -0.1) is 0 Å². The summed E-state index contributed by atoms with van der Waals surface area (Å²) in [7, 11) is -1.33. The standard InChI is InChI=1S/C26H22N3O2S/c1-32(30)27-20-7-5-16(6-8-20)26-21-4-2-3-17-11-19-14-28-9-10-29(26)22(15-28)25(21)24-13-18(17)12-23(19)31-24/h2-8,11-13,22H,1,9-10,14-15H2,(H,27,30)/q-1. The molecular weight excluding hydrogens is 418 g/mol. The average molecular weight is 441 g/mol. The Morgan fingerprint density at radius 1 is 1.12 bits per heavy atom. The van der Waals surface area contributed by atoms with E-state index in [0.717, 1.165) is 48.9 Å². The first-order chi connectivity index (χ1) is 15.6. The third-order valence-electron chi connectivity index (χ3n) is 6.99. The second-order valence-corrected chi connectivity index (χ2v) is 9.77. The van der Waals surface area contributed by atoms with E-state index in [2.05, 4.69) is 69.0 Å². The predicted octanol–water partition coefficient (Wildman–Crippen LogP) is 2.11. The van der Waals surface area contributed by atoms with Gasteiger partial charge in [-0.1, -0.05) is 30.4 Å². The fourth-order valence-corrected chi connectivity index (χ4v) is 6.03. The van der Waals surface area contributed by atoms with E-state index in [1.165, 1.54) is 32.8 Å². The van der Waals surface area contributed by atoms with E-state index in [4.69, 9.17) is 4.74 Å². The van der Waals surface area contributed by atoms with Crippen LogP contribution in [0.2, 0.25) is 0 Å². The zero-order valence-electron chi connectivity index (χ0n) is 17.5. The first-order valence-corrected chi connectivity index (χ1v) is 12.2. The van der Waals surface area contributed by atoms with Gasteiger partial charge in [0.15, 0.2) is 0 Å². The number of rotatable bonds is 3. The molecule has 2 unspecified atom stereocenters. The van der Waals surface area contributed by atoms with Crippen LogP contribution in [0.4, 0.5) is 5.69 Å². The van der Waals surface area contributed by atoms with E-state index < -0.39 is 10.6 Å². The number of fused-ring (bicyclic) bond motifs is 1. The van der Waals surface area contributed by atoms with E-state index in [1.54, 1.807) is 0 Å². The van der Waals surface area contributed by atoms with Crippen molar-refractivity contribution in [2.24, 2.45) is 0 Å². The van der Waals surface area contributed by atoms with Gasteiger partial charge in [-0.25, -0.2) is 0 Å². The fraction of sp³-hybridized carbons (Fsp3) is 0.192. The largest absolute Gasteiger partial charge is 0.457 e. The minimum absolute atomic E-state index is 0.259. The molecule has 0 amide bonds. The molecule has 6 heteroatoms. The molecule has 4 heterocycles. The Hall–Kier alpha value is -3.22. The molecule has 1 N–H and O–H groups in total. The Kier molecular flexibility index (Phi) is 3.81. The Balaban J connectivity index is 1.50. The molecule has 0 spiro atoms. The van der Waals surface area contributed by atoms with E-state index >= 15 is 0 Å². The summed E-state index contributed by atoms with van der Waals surface area (Å²) in [5.74, 6) is 5.49. The van der Waals surface area contributed by atoms with Gasteiger partial charge in [0.05, 0.1) is 11.7 Å². The van der Waals surface area contributed by atoms with Crippen LogP contribution in [-0.4, -0.2) is 41.3 Å². The molecule has 2 aromatic carbocycles. The maximum absolute atomic E-state index is 11.4. The monoisotopic (exact) mass is 440 g/mol. The van der Waals surface area contributed by atoms with Gasteiger partial charge < -0.3 is 18.6 Å². The van der Waals surface area contributed by atoms with E-state index in [0.29, 0.717) is 0 Å². The number of nitrogens with zero attached hydrogens (tertiary/aromatic N) is 2. The Morgan fingerprint density at radius 2 is 2.00 bits per heavy atom. The maximum atomic E-state index is 11.4. The van der Waals surface area contributed by atoms with Crippen molar-refractivity contribution in [3.05, 3.63) is 87.0 Å². The third-order valence-corrected chi connectivity index (χ3v) is 7.45. The summed E-state index contributed by atoms with van der Waals surface area (Å²) in [5.41, 5.74) is 6.99. The number of nitrogens with one attached hydrogen (secondary N) is 1. The molecule has 1 aliphatic carbocycles. The second kappa shape index (κ2) is 6.64. The van der Waals surface area contributed by atoms with Crippen molar-refractivity contribution >= 4 is 40.0 Å². The van der Waals surface area contributed by atoms with Crippen LogP contribution in [-0.2, 0) is 21.3 Å². The van der Waals surface area contributed by atoms with Crippen LogP contribution in [0, 0.1) is 0 Å². The summed E-state index contributed by atoms with van der Waals surface area (Å²) in [6.07, 6.45) is 8.86. The van der Waals surface area contributed by atoms with Crippen molar-refractivity contribution in [1.82, 2.24) is 9.80 Å². The number of anilines is 1. The van der Waals surface area contributed by atoms with Crippen molar-refractivity contribution in [2.45, 2.75) is 12.6 Å². The fourth-order valence-electron chi connectivity index (χ4n) is 5.63. The van der Waals surface area contributed by atoms with Crippen molar-refractivity contribution in [2.75, 3.05) is 24.4 Å². The average Bonchev–Trinajstić information content (AvgIpc) is 3.11. The van der Waals surface area contributed by atoms with E-state index in [1.807, 2.05) is 12.1 Å². The number of piperazine rings is 1. The van der Waals surface area contributed by atoms with Crippen molar-refractivity contribution < 1.29 is 8.95 Å². The van der Waals surface area contributed by atoms with Gasteiger partial charge in [0, 0.05) is 48.6 Å². The first kappa shape index (κ1) is 18.4. The number of benzene rings is 2. The molecule has 160 valence electrons. The van der Waals surface area contributed by atoms with Crippen molar-refractivity contribution in [1.29, 1.82) is 0 Å². The van der Waals surface area contributed by atoms with Gasteiger partial charge in [0.1, 0.15) is 11.5 Å². The number of ether oxygens (including phenoxy) is 1. The van der Waals surface area contributed by atoms with Gasteiger partial charge in [-0.3, -0.25) is 4.90 Å². The normalized spacial score (nSPS) is 24.0. The molecule has 0 saturated carbocycles. The van der Waals surface area contributed by atoms with Crippen LogP contribution >= 0.6 is 0 Å². The lowest BCUT2D eigenvalue weighted by Gasteiger charge is -2.40. The van der Waals surface area contributed by atoms with Crippen LogP contribution in [0.3, 0.4) is 0 Å². The van der Waals surface area contributed by atoms with Crippen LogP contribution < -0.4 is 19.9 Å². The SMILES string of the molecule is C=[S-](=O)Nc1ccc(C2=C3C=CC=c4cc5c6cc4=CC(=C3C3CN(CCN23)C5)O6)cc1. The zero-order valence-corrected chi connectivity index (χ0v) is 18.3. The van der Waals surface area contributed by atoms with Gasteiger partial charge in [-0.05, 0) is 46.3 Å². The Bertz CT molecular complexity index is 1470. The smallest absolute Gasteiger partial charge is 0.134 e. The van der Waals surface area contributed by atoms with Crippen molar-refractivity contribution in [3.8, 4) is 5.75 Å². The summed E-state index contributed by atoms with van der Waals surface area (Å²) < 4.78 is 20.8. The summed E-state index contributed by atoms with van der Waals surface area (Å²) in [6.45, 7) is 3.89. The van der Waals surface area contributed by atoms with E-state index in [-0.39, 0.29) is 6.04 Å². The number of hydrogen-bond donors (Lipinski definition) is 1. The lowest BCUT2D eigenvalue weighted by molar-refractivity contribution is 0.138. The lowest BCUT2D eigenvalue weighted by Crippen LogP contribution is -2.50. The van der Waals surface area contributed by atoms with E-state index in [9.17, 15) is 4.21 Å². The molecule has 0 aromatic heterocycles. The quantitative estimate of drug-likeness (QED) is 0.587. The first-order valence-electron chi connectivity index (χ1n) is 10.9. The molecule has 32 heavy (non-hydrogen) atoms. The van der Waals surface area contributed by atoms with Crippen molar-refractivity contribution in [3.63, 3.8) is 0 Å². The van der Waals surface area contributed by atoms with Gasteiger partial charge in [0.25, 0.3) is 0 Å². The zero-order chi connectivity index (χ0) is 21.4. The van der Waals surface area contributed by atoms with Gasteiger partial charge in [0.2, 0.25) is 0 Å². The molecule has 5 bridgehead atoms. The summed E-state index contributed by atoms with van der Waals surface area (Å²) in [5, 5.41) is 2.47. The molecule has 2 aromatic rings. The molecule has 0 radical (unpaired) electrons. The number of allylic oxidation sites excluding steroid dienone is 3. The lowest BCUT2D eigenvalue weighted by atomic mass is 9.96. The summed E-state index contributed by atoms with van der Waals surface area (Å²) >= 11 is 0. The van der Waals surface area contributed by atoms with Crippen LogP contribution in [0.15, 0.2) is 65.5 Å². The Labute approximate surface area is 188 Å². The second-order valence-electron chi connectivity index (χ2n) is 8.87. The highest BCUT2D eigenvalue weighted by Gasteiger charge is 2.42. The topological polar surface area (TPSA) is 44.8 Å². The minimum atomic E-state index is -1.33. The Morgan fingerprint density at radius 3 is 2.84 bits per heavy atom. The molecule has 7 rings (SSSR count). The molecule has 4 aliphatic heterocycles. The van der Waals surface area contributed by atoms with Crippen LogP contribution in [0.25, 0.3) is 17.8 Å². The third kappa shape index (κ3) is 2.66. The van der Waals surface area contributed by atoms with Gasteiger partial charge in [-0.2, -0.15) is 16.4 Å². The number of hydrogen-bond acceptors (Lipinski definition) is 5. The molecule has 1 fully saturated rings. The highest BCUT2D eigenvalue weighted by Crippen LogP contribution is 2.45. The maximum Gasteiger partial charge on any atom is 0.134 e. The highest BCUT2D eigenvalue weighted by atomic mass is 32.2. The molecule has 1 saturated heterocycles. The minimum Gasteiger partial charge on any atom is -0.457 e. The highest BCUT2D eigenvalue weighted by molar-refractivity contribution is 7.83. The molecule has 5 nitrogen and oxygen atoms in total. The molecule has 5 aliphatic rings. The van der Waals surface area contributed by atoms with Crippen LogP contribution in [0.5, 0.6) is 5.75 Å².